The maximum Gasteiger partial charge on any atom is 0.253 e. The van der Waals surface area contributed by atoms with Crippen molar-refractivity contribution in [3.63, 3.8) is 0 Å². The number of nitrogens with one attached hydrogen (secondary N) is 2. The first-order chi connectivity index (χ1) is 15.1. The highest BCUT2D eigenvalue weighted by Gasteiger charge is 2.19. The first kappa shape index (κ1) is 20.7. The lowest BCUT2D eigenvalue weighted by Crippen LogP contribution is -2.37. The number of nitrogens with zero attached hydrogens (tertiary/aromatic N) is 1. The van der Waals surface area contributed by atoms with Crippen molar-refractivity contribution in [3.8, 4) is 11.5 Å². The zero-order valence-electron chi connectivity index (χ0n) is 17.2. The number of carbonyl (C=O) groups is 3. The second-order valence-corrected chi connectivity index (χ2v) is 7.58. The molecule has 0 bridgehead atoms. The van der Waals surface area contributed by atoms with Crippen LogP contribution in [0.3, 0.4) is 0 Å². The molecule has 1 fully saturated rings. The Morgan fingerprint density at radius 1 is 0.871 bits per heavy atom. The number of likely N-dealkylation sites (tertiary alicyclic amines) is 1. The fourth-order valence-corrected chi connectivity index (χ4v) is 3.66. The van der Waals surface area contributed by atoms with Crippen LogP contribution in [-0.2, 0) is 11.3 Å². The van der Waals surface area contributed by atoms with E-state index in [0.717, 1.165) is 31.5 Å². The minimum absolute atomic E-state index is 0.0314. The van der Waals surface area contributed by atoms with Gasteiger partial charge in [-0.05, 0) is 55.2 Å². The molecule has 0 aromatic heterocycles. The van der Waals surface area contributed by atoms with Crippen LogP contribution in [0.25, 0.3) is 0 Å². The molecule has 2 aliphatic heterocycles. The van der Waals surface area contributed by atoms with E-state index in [-0.39, 0.29) is 37.6 Å². The fourth-order valence-electron chi connectivity index (χ4n) is 3.66. The number of carbonyl (C=O) groups excluding carboxylic acids is 3. The Kier molecular flexibility index (Phi) is 6.35. The van der Waals surface area contributed by atoms with Gasteiger partial charge in [-0.2, -0.15) is 0 Å². The molecule has 3 amide bonds. The maximum atomic E-state index is 12.6. The highest BCUT2D eigenvalue weighted by atomic mass is 16.7. The monoisotopic (exact) mass is 423 g/mol. The van der Waals surface area contributed by atoms with Gasteiger partial charge in [0.05, 0.1) is 6.54 Å². The predicted octanol–water partition coefficient (Wildman–Crippen LogP) is 2.09. The predicted molar refractivity (Wildman–Crippen MR) is 113 cm³/mol. The van der Waals surface area contributed by atoms with Crippen LogP contribution in [0.2, 0.25) is 0 Å². The van der Waals surface area contributed by atoms with E-state index >= 15 is 0 Å². The Hall–Kier alpha value is -3.55. The van der Waals surface area contributed by atoms with Crippen molar-refractivity contribution in [3.05, 3.63) is 59.2 Å². The molecule has 8 heteroatoms. The second kappa shape index (κ2) is 9.51. The molecule has 2 N–H and O–H groups in total. The van der Waals surface area contributed by atoms with Gasteiger partial charge < -0.3 is 25.0 Å². The maximum absolute atomic E-state index is 12.6. The molecule has 2 aromatic carbocycles. The highest BCUT2D eigenvalue weighted by molar-refractivity contribution is 5.97. The molecule has 31 heavy (non-hydrogen) atoms. The lowest BCUT2D eigenvalue weighted by atomic mass is 10.1. The van der Waals surface area contributed by atoms with Crippen LogP contribution >= 0.6 is 0 Å². The quantitative estimate of drug-likeness (QED) is 0.742. The average Bonchev–Trinajstić information content (AvgIpc) is 3.29. The van der Waals surface area contributed by atoms with Crippen LogP contribution in [0, 0.1) is 0 Å². The van der Waals surface area contributed by atoms with Gasteiger partial charge in [-0.15, -0.1) is 0 Å². The highest BCUT2D eigenvalue weighted by Crippen LogP contribution is 2.32. The van der Waals surface area contributed by atoms with Gasteiger partial charge in [-0.25, -0.2) is 0 Å². The molecule has 0 saturated carbocycles. The molecule has 0 spiro atoms. The van der Waals surface area contributed by atoms with E-state index in [1.54, 1.807) is 24.3 Å². The molecule has 1 saturated heterocycles. The molecular formula is C23H25N3O5. The van der Waals surface area contributed by atoms with Gasteiger partial charge in [0.1, 0.15) is 0 Å². The average molecular weight is 423 g/mol. The van der Waals surface area contributed by atoms with Crippen LogP contribution in [0.5, 0.6) is 11.5 Å². The summed E-state index contributed by atoms with van der Waals surface area (Å²) in [5, 5.41) is 5.36. The van der Waals surface area contributed by atoms with Crippen LogP contribution < -0.4 is 20.1 Å². The molecule has 4 rings (SSSR count). The van der Waals surface area contributed by atoms with E-state index in [1.165, 1.54) is 6.42 Å². The summed E-state index contributed by atoms with van der Waals surface area (Å²) < 4.78 is 10.5. The fraction of sp³-hybridized carbons (Fsp3) is 0.348. The van der Waals surface area contributed by atoms with E-state index < -0.39 is 0 Å². The summed E-state index contributed by atoms with van der Waals surface area (Å²) in [5.41, 5.74) is 1.85. The van der Waals surface area contributed by atoms with E-state index in [2.05, 4.69) is 10.6 Å². The van der Waals surface area contributed by atoms with Crippen LogP contribution in [0.4, 0.5) is 0 Å². The van der Waals surface area contributed by atoms with Gasteiger partial charge in [0.25, 0.3) is 11.8 Å². The third kappa shape index (κ3) is 5.14. The van der Waals surface area contributed by atoms with Gasteiger partial charge in [0, 0.05) is 30.8 Å². The standard InChI is InChI=1S/C23H25N3O5/c27-21(14-25-22(28)17-7-8-19-20(12-17)31-15-30-19)24-13-16-5-4-6-18(11-16)23(29)26-9-2-1-3-10-26/h4-8,11-12H,1-3,9-10,13-15H2,(H,24,27)(H,25,28). The lowest BCUT2D eigenvalue weighted by Gasteiger charge is -2.26. The van der Waals surface area contributed by atoms with Crippen molar-refractivity contribution in [1.29, 1.82) is 0 Å². The third-order valence-corrected chi connectivity index (χ3v) is 5.35. The zero-order valence-corrected chi connectivity index (χ0v) is 17.2. The first-order valence-electron chi connectivity index (χ1n) is 10.4. The number of hydrogen-bond acceptors (Lipinski definition) is 5. The Bertz CT molecular complexity index is 985. The topological polar surface area (TPSA) is 97.0 Å². The number of fused-ring (bicyclic) bond motifs is 1. The minimum Gasteiger partial charge on any atom is -0.454 e. The molecule has 0 unspecified atom stereocenters. The number of hydrogen-bond donors (Lipinski definition) is 2. The lowest BCUT2D eigenvalue weighted by molar-refractivity contribution is -0.120. The number of ether oxygens (including phenoxy) is 2. The molecule has 2 aromatic rings. The van der Waals surface area contributed by atoms with E-state index in [9.17, 15) is 14.4 Å². The third-order valence-electron chi connectivity index (χ3n) is 5.35. The Balaban J connectivity index is 1.26. The number of piperidine rings is 1. The Morgan fingerprint density at radius 2 is 1.68 bits per heavy atom. The largest absolute Gasteiger partial charge is 0.454 e. The first-order valence-corrected chi connectivity index (χ1v) is 10.4. The normalized spacial score (nSPS) is 14.8. The molecular weight excluding hydrogens is 398 g/mol. The van der Waals surface area contributed by atoms with Gasteiger partial charge in [0.15, 0.2) is 11.5 Å². The van der Waals surface area contributed by atoms with Crippen molar-refractivity contribution >= 4 is 17.7 Å². The zero-order chi connectivity index (χ0) is 21.6. The summed E-state index contributed by atoms with van der Waals surface area (Å²) in [7, 11) is 0. The Labute approximate surface area is 180 Å². The van der Waals surface area contributed by atoms with Crippen LogP contribution in [-0.4, -0.2) is 49.0 Å². The number of amides is 3. The van der Waals surface area contributed by atoms with E-state index in [4.69, 9.17) is 9.47 Å². The Morgan fingerprint density at radius 3 is 2.52 bits per heavy atom. The molecule has 162 valence electrons. The molecule has 8 nitrogen and oxygen atoms in total. The van der Waals surface area contributed by atoms with Crippen LogP contribution in [0.15, 0.2) is 42.5 Å². The second-order valence-electron chi connectivity index (χ2n) is 7.58. The smallest absolute Gasteiger partial charge is 0.253 e. The summed E-state index contributed by atoms with van der Waals surface area (Å²) >= 11 is 0. The van der Waals surface area contributed by atoms with Gasteiger partial charge in [-0.3, -0.25) is 14.4 Å². The summed E-state index contributed by atoms with van der Waals surface area (Å²) in [5.74, 6) is 0.444. The summed E-state index contributed by atoms with van der Waals surface area (Å²) in [6.07, 6.45) is 3.25. The van der Waals surface area contributed by atoms with Crippen molar-refractivity contribution in [2.75, 3.05) is 26.4 Å². The molecule has 0 aliphatic carbocycles. The van der Waals surface area contributed by atoms with Crippen molar-refractivity contribution in [2.24, 2.45) is 0 Å². The van der Waals surface area contributed by atoms with E-state index in [0.29, 0.717) is 22.6 Å². The summed E-state index contributed by atoms with van der Waals surface area (Å²) in [4.78, 5) is 39.0. The SMILES string of the molecule is O=C(CNC(=O)c1ccc2c(c1)OCO2)NCc1cccc(C(=O)N2CCCCC2)c1. The minimum atomic E-state index is -0.373. The number of rotatable bonds is 6. The summed E-state index contributed by atoms with van der Waals surface area (Å²) in [6, 6.07) is 12.1. The van der Waals surface area contributed by atoms with E-state index in [1.807, 2.05) is 23.1 Å². The van der Waals surface area contributed by atoms with Gasteiger partial charge in [0.2, 0.25) is 12.7 Å². The number of benzene rings is 2. The molecule has 2 aliphatic rings. The molecule has 0 radical (unpaired) electrons. The summed E-state index contributed by atoms with van der Waals surface area (Å²) in [6.45, 7) is 1.85. The van der Waals surface area contributed by atoms with Crippen LogP contribution in [0.1, 0.15) is 45.5 Å². The van der Waals surface area contributed by atoms with Gasteiger partial charge in [-0.1, -0.05) is 12.1 Å². The molecule has 0 atom stereocenters. The van der Waals surface area contributed by atoms with Gasteiger partial charge >= 0.3 is 0 Å². The van der Waals surface area contributed by atoms with Crippen molar-refractivity contribution in [1.82, 2.24) is 15.5 Å². The molecule has 2 heterocycles. The van der Waals surface area contributed by atoms with Crippen molar-refractivity contribution in [2.45, 2.75) is 25.8 Å². The van der Waals surface area contributed by atoms with Crippen molar-refractivity contribution < 1.29 is 23.9 Å².